The number of amides is 2. The van der Waals surface area contributed by atoms with Crippen molar-refractivity contribution < 1.29 is 23.9 Å². The number of nitrogens with two attached hydrogens (primary N) is 1. The van der Waals surface area contributed by atoms with E-state index >= 15 is 0 Å². The van der Waals surface area contributed by atoms with Gasteiger partial charge in [-0.1, -0.05) is 30.3 Å². The quantitative estimate of drug-likeness (QED) is 0.320. The van der Waals surface area contributed by atoms with E-state index in [-0.39, 0.29) is 31.3 Å². The zero-order valence-corrected chi connectivity index (χ0v) is 26.4. The highest BCUT2D eigenvalue weighted by molar-refractivity contribution is 6.01. The molecule has 2 aromatic carbocycles. The second-order valence-electron chi connectivity index (χ2n) is 12.6. The molecular formula is C34H42N6O5. The fourth-order valence-electron chi connectivity index (χ4n) is 5.89. The van der Waals surface area contributed by atoms with E-state index in [2.05, 4.69) is 51.0 Å². The Labute approximate surface area is 264 Å². The molecule has 3 heterocycles. The highest BCUT2D eigenvalue weighted by Crippen LogP contribution is 2.34. The van der Waals surface area contributed by atoms with Crippen molar-refractivity contribution in [1.29, 1.82) is 0 Å². The molecular weight excluding hydrogens is 572 g/mol. The van der Waals surface area contributed by atoms with Crippen LogP contribution in [0.15, 0.2) is 61.1 Å². The molecule has 1 fully saturated rings. The Morgan fingerprint density at radius 2 is 1.76 bits per heavy atom. The SMILES string of the molecule is C[C@H](c1ccc(COc2cccc3c2CN([C@@H](CCC(=O)OC(C)(C)C)C(N)=O)C3=O)cc1)N1CCN(c2ccncn2)CC1. The number of aromatic nitrogens is 2. The van der Waals surface area contributed by atoms with Gasteiger partial charge < -0.3 is 25.0 Å². The first-order valence-corrected chi connectivity index (χ1v) is 15.4. The van der Waals surface area contributed by atoms with Gasteiger partial charge in [-0.15, -0.1) is 0 Å². The van der Waals surface area contributed by atoms with Crippen LogP contribution in [0.5, 0.6) is 5.75 Å². The van der Waals surface area contributed by atoms with Crippen molar-refractivity contribution >= 4 is 23.6 Å². The number of nitrogens with zero attached hydrogens (tertiary/aromatic N) is 5. The van der Waals surface area contributed by atoms with Crippen LogP contribution in [0.25, 0.3) is 0 Å². The molecule has 2 aliphatic rings. The molecule has 45 heavy (non-hydrogen) atoms. The fourth-order valence-corrected chi connectivity index (χ4v) is 5.89. The second-order valence-corrected chi connectivity index (χ2v) is 12.6. The fraction of sp³-hybridized carbons (Fsp3) is 0.441. The maximum Gasteiger partial charge on any atom is 0.306 e. The molecule has 1 aromatic heterocycles. The van der Waals surface area contributed by atoms with Crippen molar-refractivity contribution in [3.05, 3.63) is 83.3 Å². The summed E-state index contributed by atoms with van der Waals surface area (Å²) in [7, 11) is 0. The van der Waals surface area contributed by atoms with Crippen molar-refractivity contribution in [3.63, 3.8) is 0 Å². The lowest BCUT2D eigenvalue weighted by Crippen LogP contribution is -2.47. The molecule has 3 aromatic rings. The first kappa shape index (κ1) is 31.9. The number of anilines is 1. The van der Waals surface area contributed by atoms with Crippen LogP contribution in [0.3, 0.4) is 0 Å². The maximum absolute atomic E-state index is 13.3. The van der Waals surface area contributed by atoms with Gasteiger partial charge in [0.05, 0.1) is 6.54 Å². The number of rotatable bonds is 11. The van der Waals surface area contributed by atoms with Crippen LogP contribution in [0, 0.1) is 0 Å². The van der Waals surface area contributed by atoms with Crippen molar-refractivity contribution in [3.8, 4) is 5.75 Å². The predicted molar refractivity (Wildman–Crippen MR) is 169 cm³/mol. The normalized spacial score (nSPS) is 16.7. The van der Waals surface area contributed by atoms with Gasteiger partial charge in [0.1, 0.15) is 36.1 Å². The number of fused-ring (bicyclic) bond motifs is 1. The molecule has 0 saturated carbocycles. The van der Waals surface area contributed by atoms with Gasteiger partial charge in [0.15, 0.2) is 0 Å². The molecule has 2 aliphatic heterocycles. The summed E-state index contributed by atoms with van der Waals surface area (Å²) >= 11 is 0. The van der Waals surface area contributed by atoms with Crippen LogP contribution in [-0.2, 0) is 27.5 Å². The van der Waals surface area contributed by atoms with Gasteiger partial charge in [0, 0.05) is 56.0 Å². The Balaban J connectivity index is 1.17. The summed E-state index contributed by atoms with van der Waals surface area (Å²) in [5.74, 6) is 0.138. The topological polar surface area (TPSA) is 131 Å². The molecule has 5 rings (SSSR count). The summed E-state index contributed by atoms with van der Waals surface area (Å²) in [6, 6.07) is 15.0. The number of primary amides is 1. The molecule has 0 aliphatic carbocycles. The lowest BCUT2D eigenvalue weighted by molar-refractivity contribution is -0.155. The van der Waals surface area contributed by atoms with Crippen molar-refractivity contribution in [2.75, 3.05) is 31.1 Å². The summed E-state index contributed by atoms with van der Waals surface area (Å²) in [4.78, 5) is 52.5. The number of benzene rings is 2. The zero-order valence-electron chi connectivity index (χ0n) is 26.4. The molecule has 0 radical (unpaired) electrons. The molecule has 2 N–H and O–H groups in total. The Hall–Kier alpha value is -4.51. The minimum atomic E-state index is -0.935. The third-order valence-electron chi connectivity index (χ3n) is 8.31. The largest absolute Gasteiger partial charge is 0.489 e. The molecule has 1 saturated heterocycles. The van der Waals surface area contributed by atoms with E-state index < -0.39 is 23.5 Å². The predicted octanol–water partition coefficient (Wildman–Crippen LogP) is 3.87. The van der Waals surface area contributed by atoms with Crippen molar-refractivity contribution in [2.45, 2.75) is 71.4 Å². The summed E-state index contributed by atoms with van der Waals surface area (Å²) in [5.41, 5.74) is 8.46. The zero-order chi connectivity index (χ0) is 32.1. The van der Waals surface area contributed by atoms with E-state index in [1.165, 1.54) is 10.5 Å². The van der Waals surface area contributed by atoms with Gasteiger partial charge in [-0.3, -0.25) is 19.3 Å². The minimum absolute atomic E-state index is 0.0255. The number of carbonyl (C=O) groups excluding carboxylic acids is 3. The van der Waals surface area contributed by atoms with Crippen LogP contribution >= 0.6 is 0 Å². The average molecular weight is 615 g/mol. The first-order chi connectivity index (χ1) is 21.5. The molecule has 2 amide bonds. The van der Waals surface area contributed by atoms with E-state index in [0.29, 0.717) is 23.5 Å². The second kappa shape index (κ2) is 13.6. The Kier molecular flexibility index (Phi) is 9.67. The number of hydrogen-bond donors (Lipinski definition) is 1. The highest BCUT2D eigenvalue weighted by Gasteiger charge is 2.37. The molecule has 238 valence electrons. The van der Waals surface area contributed by atoms with Crippen LogP contribution < -0.4 is 15.4 Å². The van der Waals surface area contributed by atoms with Crippen LogP contribution in [-0.4, -0.2) is 75.4 Å². The molecule has 0 spiro atoms. The summed E-state index contributed by atoms with van der Waals surface area (Å²) in [5, 5.41) is 0. The number of carbonyl (C=O) groups is 3. The lowest BCUT2D eigenvalue weighted by Gasteiger charge is -2.38. The number of hydrogen-bond acceptors (Lipinski definition) is 9. The third kappa shape index (κ3) is 7.78. The van der Waals surface area contributed by atoms with Crippen molar-refractivity contribution in [2.24, 2.45) is 5.73 Å². The number of esters is 1. The Morgan fingerprint density at radius 3 is 2.40 bits per heavy atom. The van der Waals surface area contributed by atoms with Gasteiger partial charge in [-0.2, -0.15) is 0 Å². The monoisotopic (exact) mass is 614 g/mol. The summed E-state index contributed by atoms with van der Waals surface area (Å²) < 4.78 is 11.6. The molecule has 0 bridgehead atoms. The Morgan fingerprint density at radius 1 is 1.02 bits per heavy atom. The highest BCUT2D eigenvalue weighted by atomic mass is 16.6. The van der Waals surface area contributed by atoms with E-state index in [1.807, 2.05) is 12.1 Å². The standard InChI is InChI=1S/C34H42N6O5/c1-23(38-16-18-39(19-17-38)30-14-15-36-22-37-30)25-10-8-24(9-11-25)21-44-29-7-5-6-26-27(29)20-40(33(26)43)28(32(35)42)12-13-31(41)45-34(2,3)4/h5-11,14-15,22-23,28H,12-13,16-21H2,1-4H3,(H2,35,42)/t23-,28+/m1/s1. The average Bonchev–Trinajstić information content (AvgIpc) is 3.36. The van der Waals surface area contributed by atoms with Gasteiger partial charge in [-0.05, 0) is 63.4 Å². The summed E-state index contributed by atoms with van der Waals surface area (Å²) in [6.07, 6.45) is 3.43. The Bertz CT molecular complexity index is 1500. The lowest BCUT2D eigenvalue weighted by atomic mass is 10.0. The van der Waals surface area contributed by atoms with Gasteiger partial charge in [0.25, 0.3) is 5.91 Å². The smallest absolute Gasteiger partial charge is 0.306 e. The number of piperazine rings is 1. The summed E-state index contributed by atoms with van der Waals surface area (Å²) in [6.45, 7) is 11.8. The molecule has 11 heteroatoms. The van der Waals surface area contributed by atoms with E-state index in [1.54, 1.807) is 45.4 Å². The maximum atomic E-state index is 13.3. The third-order valence-corrected chi connectivity index (χ3v) is 8.31. The molecule has 11 nitrogen and oxygen atoms in total. The van der Waals surface area contributed by atoms with E-state index in [4.69, 9.17) is 15.2 Å². The molecule has 2 atom stereocenters. The van der Waals surface area contributed by atoms with Gasteiger partial charge >= 0.3 is 5.97 Å². The van der Waals surface area contributed by atoms with E-state index in [0.717, 1.165) is 37.6 Å². The van der Waals surface area contributed by atoms with Crippen LogP contribution in [0.4, 0.5) is 5.82 Å². The van der Waals surface area contributed by atoms with E-state index in [9.17, 15) is 14.4 Å². The van der Waals surface area contributed by atoms with Crippen LogP contribution in [0.1, 0.15) is 73.6 Å². The minimum Gasteiger partial charge on any atom is -0.489 e. The van der Waals surface area contributed by atoms with Crippen molar-refractivity contribution in [1.82, 2.24) is 19.8 Å². The first-order valence-electron chi connectivity index (χ1n) is 15.4. The van der Waals surface area contributed by atoms with Gasteiger partial charge in [-0.25, -0.2) is 9.97 Å². The van der Waals surface area contributed by atoms with Crippen LogP contribution in [0.2, 0.25) is 0 Å². The molecule has 0 unspecified atom stereocenters. The van der Waals surface area contributed by atoms with Gasteiger partial charge in [0.2, 0.25) is 5.91 Å². The number of ether oxygens (including phenoxy) is 2.